The highest BCUT2D eigenvalue weighted by molar-refractivity contribution is 7.12. The molecule has 0 radical (unpaired) electrons. The molecule has 0 aliphatic heterocycles. The molecular weight excluding hydrogens is 294 g/mol. The molecule has 2 rings (SSSR count). The topological polar surface area (TPSA) is 101 Å². The molecule has 2 N–H and O–H groups in total. The van der Waals surface area contributed by atoms with E-state index in [1.165, 1.54) is 36.5 Å². The van der Waals surface area contributed by atoms with E-state index in [0.717, 1.165) is 0 Å². The number of nitro benzene ring substituents is 1. The Labute approximate surface area is 123 Å². The van der Waals surface area contributed by atoms with E-state index in [4.69, 9.17) is 0 Å². The van der Waals surface area contributed by atoms with E-state index in [2.05, 4.69) is 10.9 Å². The lowest BCUT2D eigenvalue weighted by Gasteiger charge is -2.08. The molecule has 0 bridgehead atoms. The molecule has 0 unspecified atom stereocenters. The number of thiophene rings is 1. The van der Waals surface area contributed by atoms with Crippen molar-refractivity contribution < 1.29 is 14.5 Å². The maximum absolute atomic E-state index is 12.0. The van der Waals surface area contributed by atoms with E-state index >= 15 is 0 Å². The summed E-state index contributed by atoms with van der Waals surface area (Å²) in [5.74, 6) is -1.05. The summed E-state index contributed by atoms with van der Waals surface area (Å²) in [6.45, 7) is 1.48. The molecule has 7 nitrogen and oxygen atoms in total. The largest absolute Gasteiger partial charge is 0.279 e. The first-order chi connectivity index (χ1) is 10.0. The smallest absolute Gasteiger partial charge is 0.267 e. The molecule has 0 fully saturated rings. The van der Waals surface area contributed by atoms with Crippen LogP contribution in [0.15, 0.2) is 35.7 Å². The Hall–Kier alpha value is -2.74. The van der Waals surface area contributed by atoms with Crippen molar-refractivity contribution in [1.82, 2.24) is 10.9 Å². The number of carbonyl (C=O) groups excluding carboxylic acids is 2. The minimum absolute atomic E-state index is 0.135. The fraction of sp³-hybridized carbons (Fsp3) is 0.0769. The van der Waals surface area contributed by atoms with Crippen molar-refractivity contribution in [1.29, 1.82) is 0 Å². The predicted molar refractivity (Wildman–Crippen MR) is 77.1 cm³/mol. The summed E-state index contributed by atoms with van der Waals surface area (Å²) in [4.78, 5) is 34.4. The van der Waals surface area contributed by atoms with Gasteiger partial charge in [0.1, 0.15) is 0 Å². The minimum atomic E-state index is -0.610. The van der Waals surface area contributed by atoms with Crippen LogP contribution in [0.3, 0.4) is 0 Å². The van der Waals surface area contributed by atoms with E-state index in [1.807, 2.05) is 0 Å². The van der Waals surface area contributed by atoms with Crippen LogP contribution >= 0.6 is 11.3 Å². The Morgan fingerprint density at radius 2 is 1.86 bits per heavy atom. The SMILES string of the molecule is Cc1c(C(=O)NNC(=O)c2cccs2)cccc1[N+](=O)[O-]. The van der Waals surface area contributed by atoms with Crippen molar-refractivity contribution in [3.8, 4) is 0 Å². The normalized spacial score (nSPS) is 9.95. The molecule has 2 aromatic rings. The standard InChI is InChI=1S/C13H11N3O4S/c1-8-9(4-2-5-10(8)16(19)20)12(17)14-15-13(18)11-6-3-7-21-11/h2-7H,1H3,(H,14,17)(H,15,18). The number of nitrogens with zero attached hydrogens (tertiary/aromatic N) is 1. The summed E-state index contributed by atoms with van der Waals surface area (Å²) in [5.41, 5.74) is 4.73. The summed E-state index contributed by atoms with van der Waals surface area (Å²) in [5, 5.41) is 12.6. The van der Waals surface area contributed by atoms with Gasteiger partial charge in [0.15, 0.2) is 0 Å². The summed E-state index contributed by atoms with van der Waals surface area (Å²) in [7, 11) is 0. The predicted octanol–water partition coefficient (Wildman–Crippen LogP) is 2.04. The molecule has 0 saturated heterocycles. The maximum Gasteiger partial charge on any atom is 0.279 e. The van der Waals surface area contributed by atoms with E-state index in [1.54, 1.807) is 17.5 Å². The molecule has 1 aromatic carbocycles. The lowest BCUT2D eigenvalue weighted by Crippen LogP contribution is -2.41. The van der Waals surface area contributed by atoms with Crippen LogP contribution < -0.4 is 10.9 Å². The van der Waals surface area contributed by atoms with Crippen LogP contribution in [0.2, 0.25) is 0 Å². The summed E-state index contributed by atoms with van der Waals surface area (Å²) in [6.07, 6.45) is 0. The van der Waals surface area contributed by atoms with Gasteiger partial charge >= 0.3 is 0 Å². The number of hydrogen-bond donors (Lipinski definition) is 2. The average molecular weight is 305 g/mol. The molecular formula is C13H11N3O4S. The fourth-order valence-corrected chi connectivity index (χ4v) is 2.34. The fourth-order valence-electron chi connectivity index (χ4n) is 1.72. The third-order valence-electron chi connectivity index (χ3n) is 2.78. The third kappa shape index (κ3) is 3.23. The lowest BCUT2D eigenvalue weighted by molar-refractivity contribution is -0.385. The van der Waals surface area contributed by atoms with Gasteiger partial charge in [-0.05, 0) is 24.4 Å². The maximum atomic E-state index is 12.0. The number of hydrogen-bond acceptors (Lipinski definition) is 5. The third-order valence-corrected chi connectivity index (χ3v) is 3.65. The highest BCUT2D eigenvalue weighted by atomic mass is 32.1. The van der Waals surface area contributed by atoms with Gasteiger partial charge < -0.3 is 0 Å². The summed E-state index contributed by atoms with van der Waals surface area (Å²) in [6, 6.07) is 7.52. The molecule has 1 aromatic heterocycles. The molecule has 0 saturated carbocycles. The number of hydrazine groups is 1. The van der Waals surface area contributed by atoms with Crippen LogP contribution in [-0.4, -0.2) is 16.7 Å². The van der Waals surface area contributed by atoms with Gasteiger partial charge in [-0.25, -0.2) is 0 Å². The monoisotopic (exact) mass is 305 g/mol. The summed E-state index contributed by atoms with van der Waals surface area (Å²) >= 11 is 1.24. The van der Waals surface area contributed by atoms with Crippen molar-refractivity contribution in [3.05, 3.63) is 61.8 Å². The first-order valence-electron chi connectivity index (χ1n) is 5.89. The highest BCUT2D eigenvalue weighted by Crippen LogP contribution is 2.20. The van der Waals surface area contributed by atoms with Crippen molar-refractivity contribution in [2.75, 3.05) is 0 Å². The van der Waals surface area contributed by atoms with Crippen LogP contribution in [0.4, 0.5) is 5.69 Å². The van der Waals surface area contributed by atoms with E-state index in [-0.39, 0.29) is 16.8 Å². The minimum Gasteiger partial charge on any atom is -0.267 e. The van der Waals surface area contributed by atoms with Gasteiger partial charge in [-0.1, -0.05) is 12.1 Å². The van der Waals surface area contributed by atoms with Gasteiger partial charge in [0.25, 0.3) is 17.5 Å². The number of nitrogens with one attached hydrogen (secondary N) is 2. The molecule has 1 heterocycles. The van der Waals surface area contributed by atoms with Crippen LogP contribution in [0, 0.1) is 17.0 Å². The van der Waals surface area contributed by atoms with Crippen LogP contribution in [0.5, 0.6) is 0 Å². The van der Waals surface area contributed by atoms with Gasteiger partial charge in [0.05, 0.1) is 15.4 Å². The highest BCUT2D eigenvalue weighted by Gasteiger charge is 2.18. The van der Waals surface area contributed by atoms with Gasteiger partial charge in [0, 0.05) is 11.6 Å². The second kappa shape index (κ2) is 6.14. The van der Waals surface area contributed by atoms with Gasteiger partial charge in [-0.15, -0.1) is 11.3 Å². The second-order valence-corrected chi connectivity index (χ2v) is 5.04. The van der Waals surface area contributed by atoms with Crippen LogP contribution in [0.25, 0.3) is 0 Å². The van der Waals surface area contributed by atoms with Crippen LogP contribution in [-0.2, 0) is 0 Å². The van der Waals surface area contributed by atoms with Crippen molar-refractivity contribution in [2.24, 2.45) is 0 Å². The van der Waals surface area contributed by atoms with E-state index in [9.17, 15) is 19.7 Å². The Morgan fingerprint density at radius 1 is 1.14 bits per heavy atom. The number of rotatable bonds is 3. The summed E-state index contributed by atoms with van der Waals surface area (Å²) < 4.78 is 0. The Bertz CT molecular complexity index is 697. The van der Waals surface area contributed by atoms with Crippen LogP contribution in [0.1, 0.15) is 25.6 Å². The molecule has 8 heteroatoms. The zero-order chi connectivity index (χ0) is 15.4. The molecule has 0 spiro atoms. The van der Waals surface area contributed by atoms with E-state index in [0.29, 0.717) is 4.88 Å². The Morgan fingerprint density at radius 3 is 2.48 bits per heavy atom. The first-order valence-corrected chi connectivity index (χ1v) is 6.77. The van der Waals surface area contributed by atoms with E-state index < -0.39 is 16.7 Å². The Balaban J connectivity index is 2.09. The first kappa shape index (κ1) is 14.7. The molecule has 0 atom stereocenters. The molecule has 0 aliphatic carbocycles. The number of carbonyl (C=O) groups is 2. The quantitative estimate of drug-likeness (QED) is 0.669. The average Bonchev–Trinajstić information content (AvgIpc) is 2.98. The Kier molecular flexibility index (Phi) is 4.29. The zero-order valence-corrected chi connectivity index (χ0v) is 11.8. The lowest BCUT2D eigenvalue weighted by atomic mass is 10.1. The number of amides is 2. The van der Waals surface area contributed by atoms with Gasteiger partial charge in [-0.2, -0.15) is 0 Å². The van der Waals surface area contributed by atoms with Crippen molar-refractivity contribution in [3.63, 3.8) is 0 Å². The number of nitro groups is 1. The molecule has 2 amide bonds. The van der Waals surface area contributed by atoms with Gasteiger partial charge in [0.2, 0.25) is 0 Å². The molecule has 21 heavy (non-hydrogen) atoms. The zero-order valence-electron chi connectivity index (χ0n) is 11.0. The van der Waals surface area contributed by atoms with Gasteiger partial charge in [-0.3, -0.25) is 30.6 Å². The molecule has 0 aliphatic rings. The van der Waals surface area contributed by atoms with Crippen molar-refractivity contribution in [2.45, 2.75) is 6.92 Å². The van der Waals surface area contributed by atoms with Crippen molar-refractivity contribution >= 4 is 28.8 Å². The molecule has 108 valence electrons. The number of benzene rings is 1. The second-order valence-electron chi connectivity index (χ2n) is 4.09.